The second-order valence-corrected chi connectivity index (χ2v) is 4.46. The van der Waals surface area contributed by atoms with Crippen molar-refractivity contribution in [1.29, 1.82) is 0 Å². The van der Waals surface area contributed by atoms with Crippen molar-refractivity contribution in [2.45, 2.75) is 19.9 Å². The molecule has 1 heterocycles. The fourth-order valence-electron chi connectivity index (χ4n) is 2.18. The fourth-order valence-corrected chi connectivity index (χ4v) is 2.18. The molecule has 1 N–H and O–H groups in total. The van der Waals surface area contributed by atoms with E-state index in [-0.39, 0.29) is 6.04 Å². The van der Waals surface area contributed by atoms with Crippen molar-refractivity contribution in [3.63, 3.8) is 0 Å². The minimum absolute atomic E-state index is 0.0591. The van der Waals surface area contributed by atoms with Gasteiger partial charge in [-0.05, 0) is 25.6 Å². The first-order chi connectivity index (χ1) is 10.3. The lowest BCUT2D eigenvalue weighted by Crippen LogP contribution is -2.24. The molecule has 0 fully saturated rings. The molecule has 0 bridgehead atoms. The molecule has 0 amide bonds. The molecule has 2 aromatic rings. The van der Waals surface area contributed by atoms with Crippen molar-refractivity contribution in [3.05, 3.63) is 47.7 Å². The number of para-hydroxylation sites is 1. The van der Waals surface area contributed by atoms with E-state index >= 15 is 0 Å². The molecule has 0 radical (unpaired) electrons. The molecule has 0 aliphatic rings. The Kier molecular flexibility index (Phi) is 5.51. The minimum Gasteiger partial charge on any atom is -0.494 e. The summed E-state index contributed by atoms with van der Waals surface area (Å²) in [5.74, 6) is 1.37. The predicted molar refractivity (Wildman–Crippen MR) is 81.7 cm³/mol. The van der Waals surface area contributed by atoms with E-state index in [0.717, 1.165) is 23.6 Å². The lowest BCUT2D eigenvalue weighted by Gasteiger charge is -2.20. The van der Waals surface area contributed by atoms with Gasteiger partial charge in [0, 0.05) is 11.6 Å². The van der Waals surface area contributed by atoms with E-state index in [9.17, 15) is 0 Å². The zero-order valence-corrected chi connectivity index (χ0v) is 12.7. The maximum absolute atomic E-state index is 5.72. The van der Waals surface area contributed by atoms with Crippen LogP contribution in [0.3, 0.4) is 0 Å². The van der Waals surface area contributed by atoms with E-state index in [4.69, 9.17) is 9.47 Å². The number of aromatic nitrogens is 2. The zero-order chi connectivity index (χ0) is 15.1. The Morgan fingerprint density at radius 2 is 1.90 bits per heavy atom. The van der Waals surface area contributed by atoms with Gasteiger partial charge in [0.25, 0.3) is 0 Å². The summed E-state index contributed by atoms with van der Waals surface area (Å²) in [6.07, 6.45) is 0. The van der Waals surface area contributed by atoms with Crippen LogP contribution in [0.5, 0.6) is 11.6 Å². The first kappa shape index (κ1) is 15.3. The molecule has 112 valence electrons. The van der Waals surface area contributed by atoms with Crippen LogP contribution in [-0.4, -0.2) is 30.5 Å². The highest BCUT2D eigenvalue weighted by Crippen LogP contribution is 2.29. The third kappa shape index (κ3) is 3.70. The number of rotatable bonds is 7. The van der Waals surface area contributed by atoms with Gasteiger partial charge in [0.05, 0.1) is 25.5 Å². The highest BCUT2D eigenvalue weighted by Gasteiger charge is 2.19. The minimum atomic E-state index is -0.0591. The normalized spacial score (nSPS) is 12.0. The molecule has 5 heteroatoms. The lowest BCUT2D eigenvalue weighted by atomic mass is 10.0. The first-order valence-corrected chi connectivity index (χ1v) is 7.12. The van der Waals surface area contributed by atoms with Crippen LogP contribution in [0.4, 0.5) is 0 Å². The van der Waals surface area contributed by atoms with Gasteiger partial charge in [-0.3, -0.25) is 0 Å². The SMILES string of the molecule is CCNC(c1ccc(OC)nn1)c1ccccc1OCC. The number of hydrogen-bond acceptors (Lipinski definition) is 5. The average Bonchev–Trinajstić information content (AvgIpc) is 2.54. The van der Waals surface area contributed by atoms with Gasteiger partial charge in [-0.2, -0.15) is 0 Å². The van der Waals surface area contributed by atoms with E-state index in [0.29, 0.717) is 12.5 Å². The monoisotopic (exact) mass is 287 g/mol. The van der Waals surface area contributed by atoms with E-state index in [1.54, 1.807) is 7.11 Å². The summed E-state index contributed by atoms with van der Waals surface area (Å²) in [5.41, 5.74) is 1.89. The van der Waals surface area contributed by atoms with Gasteiger partial charge in [-0.15, -0.1) is 10.2 Å². The van der Waals surface area contributed by atoms with Crippen LogP contribution in [0.2, 0.25) is 0 Å². The summed E-state index contributed by atoms with van der Waals surface area (Å²) >= 11 is 0. The van der Waals surface area contributed by atoms with E-state index in [1.165, 1.54) is 0 Å². The zero-order valence-electron chi connectivity index (χ0n) is 12.7. The van der Waals surface area contributed by atoms with Crippen LogP contribution in [0.1, 0.15) is 31.1 Å². The van der Waals surface area contributed by atoms with Crippen LogP contribution in [0, 0.1) is 0 Å². The highest BCUT2D eigenvalue weighted by atomic mass is 16.5. The Balaban J connectivity index is 2.37. The maximum Gasteiger partial charge on any atom is 0.233 e. The highest BCUT2D eigenvalue weighted by molar-refractivity contribution is 5.40. The molecule has 1 unspecified atom stereocenters. The molecule has 0 aliphatic carbocycles. The van der Waals surface area contributed by atoms with Crippen molar-refractivity contribution >= 4 is 0 Å². The van der Waals surface area contributed by atoms with Gasteiger partial charge in [-0.1, -0.05) is 25.1 Å². The first-order valence-electron chi connectivity index (χ1n) is 7.12. The Bertz CT molecular complexity index is 558. The predicted octanol–water partition coefficient (Wildman–Crippen LogP) is 2.58. The Morgan fingerprint density at radius 3 is 2.52 bits per heavy atom. The Hall–Kier alpha value is -2.14. The molecule has 0 spiro atoms. The topological polar surface area (TPSA) is 56.3 Å². The smallest absolute Gasteiger partial charge is 0.233 e. The number of ether oxygens (including phenoxy) is 2. The largest absolute Gasteiger partial charge is 0.494 e. The number of hydrogen-bond donors (Lipinski definition) is 1. The summed E-state index contributed by atoms with van der Waals surface area (Å²) < 4.78 is 10.8. The van der Waals surface area contributed by atoms with Crippen molar-refractivity contribution in [1.82, 2.24) is 15.5 Å². The van der Waals surface area contributed by atoms with Crippen molar-refractivity contribution in [2.24, 2.45) is 0 Å². The van der Waals surface area contributed by atoms with E-state index in [1.807, 2.05) is 43.3 Å². The average molecular weight is 287 g/mol. The molecule has 0 saturated carbocycles. The molecule has 21 heavy (non-hydrogen) atoms. The van der Waals surface area contributed by atoms with Gasteiger partial charge < -0.3 is 14.8 Å². The Morgan fingerprint density at radius 1 is 1.10 bits per heavy atom. The Labute approximate surface area is 125 Å². The van der Waals surface area contributed by atoms with E-state index in [2.05, 4.69) is 22.4 Å². The molecule has 2 rings (SSSR count). The molecule has 5 nitrogen and oxygen atoms in total. The van der Waals surface area contributed by atoms with Crippen LogP contribution >= 0.6 is 0 Å². The number of benzene rings is 1. The standard InChI is InChI=1S/C16H21N3O2/c1-4-17-16(13-10-11-15(20-3)19-18-13)12-8-6-7-9-14(12)21-5-2/h6-11,16-17H,4-5H2,1-3H3. The molecule has 1 aromatic heterocycles. The number of methoxy groups -OCH3 is 1. The van der Waals surface area contributed by atoms with Crippen molar-refractivity contribution in [3.8, 4) is 11.6 Å². The van der Waals surface area contributed by atoms with Gasteiger partial charge in [0.1, 0.15) is 5.75 Å². The fraction of sp³-hybridized carbons (Fsp3) is 0.375. The summed E-state index contributed by atoms with van der Waals surface area (Å²) in [4.78, 5) is 0. The van der Waals surface area contributed by atoms with Crippen LogP contribution < -0.4 is 14.8 Å². The molecule has 0 saturated heterocycles. The molecular weight excluding hydrogens is 266 g/mol. The molecule has 1 aromatic carbocycles. The molecular formula is C16H21N3O2. The third-order valence-corrected chi connectivity index (χ3v) is 3.10. The third-order valence-electron chi connectivity index (χ3n) is 3.10. The quantitative estimate of drug-likeness (QED) is 0.848. The molecule has 0 aliphatic heterocycles. The molecule has 1 atom stereocenters. The number of nitrogens with zero attached hydrogens (tertiary/aromatic N) is 2. The second kappa shape index (κ2) is 7.59. The van der Waals surface area contributed by atoms with Gasteiger partial charge in [0.2, 0.25) is 5.88 Å². The van der Waals surface area contributed by atoms with Gasteiger partial charge in [-0.25, -0.2) is 0 Å². The maximum atomic E-state index is 5.72. The van der Waals surface area contributed by atoms with Crippen LogP contribution in [0.25, 0.3) is 0 Å². The number of nitrogens with one attached hydrogen (secondary N) is 1. The summed E-state index contributed by atoms with van der Waals surface area (Å²) in [6.45, 7) is 5.49. The van der Waals surface area contributed by atoms with Crippen LogP contribution in [0.15, 0.2) is 36.4 Å². The lowest BCUT2D eigenvalue weighted by molar-refractivity contribution is 0.333. The van der Waals surface area contributed by atoms with Crippen LogP contribution in [-0.2, 0) is 0 Å². The summed E-state index contributed by atoms with van der Waals surface area (Å²) in [6, 6.07) is 11.7. The van der Waals surface area contributed by atoms with Gasteiger partial charge in [0.15, 0.2) is 0 Å². The summed E-state index contributed by atoms with van der Waals surface area (Å²) in [7, 11) is 1.58. The van der Waals surface area contributed by atoms with Crippen molar-refractivity contribution < 1.29 is 9.47 Å². The summed E-state index contributed by atoms with van der Waals surface area (Å²) in [5, 5.41) is 11.7. The van der Waals surface area contributed by atoms with Crippen molar-refractivity contribution in [2.75, 3.05) is 20.3 Å². The second-order valence-electron chi connectivity index (χ2n) is 4.46. The van der Waals surface area contributed by atoms with Gasteiger partial charge >= 0.3 is 0 Å². The van der Waals surface area contributed by atoms with E-state index < -0.39 is 0 Å².